The zero-order valence-electron chi connectivity index (χ0n) is 13.6. The lowest BCUT2D eigenvalue weighted by Gasteiger charge is -2.41. The number of hydrogen-bond donors (Lipinski definition) is 1. The van der Waals surface area contributed by atoms with Crippen LogP contribution in [0.1, 0.15) is 79.1 Å². The first-order valence-electron chi connectivity index (χ1n) is 8.63. The molecule has 2 aliphatic rings. The topological polar surface area (TPSA) is 26.0 Å². The predicted octanol–water partition coefficient (Wildman–Crippen LogP) is 4.99. The van der Waals surface area contributed by atoms with Crippen molar-refractivity contribution in [3.8, 4) is 0 Å². The maximum absolute atomic E-state index is 6.62. The highest BCUT2D eigenvalue weighted by Gasteiger charge is 2.35. The van der Waals surface area contributed by atoms with Crippen molar-refractivity contribution in [2.45, 2.75) is 85.1 Å². The van der Waals surface area contributed by atoms with E-state index in [0.29, 0.717) is 11.5 Å². The van der Waals surface area contributed by atoms with Crippen molar-refractivity contribution in [2.24, 2.45) is 34.8 Å². The number of rotatable bonds is 2. The van der Waals surface area contributed by atoms with Crippen molar-refractivity contribution in [1.29, 1.82) is 0 Å². The van der Waals surface area contributed by atoms with E-state index in [1.807, 2.05) is 0 Å². The Morgan fingerprint density at radius 3 is 1.63 bits per heavy atom. The van der Waals surface area contributed by atoms with Gasteiger partial charge in [0.15, 0.2) is 0 Å². The predicted molar refractivity (Wildman–Crippen MR) is 84.0 cm³/mol. The van der Waals surface area contributed by atoms with Gasteiger partial charge in [-0.1, -0.05) is 40.5 Å². The molecule has 2 aliphatic carbocycles. The zero-order valence-corrected chi connectivity index (χ0v) is 13.6. The van der Waals surface area contributed by atoms with Gasteiger partial charge in [0.2, 0.25) is 0 Å². The fourth-order valence-electron chi connectivity index (χ4n) is 4.43. The summed E-state index contributed by atoms with van der Waals surface area (Å²) in [5, 5.41) is 0. The Labute approximate surface area is 120 Å². The highest BCUT2D eigenvalue weighted by Crippen LogP contribution is 2.42. The molecule has 1 unspecified atom stereocenters. The summed E-state index contributed by atoms with van der Waals surface area (Å²) in [4.78, 5) is 0. The summed E-state index contributed by atoms with van der Waals surface area (Å²) in [6.07, 6.45) is 11.2. The smallest absolute Gasteiger partial charge is 0.00956 e. The molecule has 2 fully saturated rings. The van der Waals surface area contributed by atoms with E-state index in [4.69, 9.17) is 5.73 Å². The van der Waals surface area contributed by atoms with Crippen molar-refractivity contribution < 1.29 is 0 Å². The molecule has 0 aromatic rings. The summed E-state index contributed by atoms with van der Waals surface area (Å²) >= 11 is 0. The Balaban J connectivity index is 1.81. The Kier molecular flexibility index (Phi) is 4.98. The van der Waals surface area contributed by atoms with Gasteiger partial charge in [0.05, 0.1) is 0 Å². The highest BCUT2D eigenvalue weighted by molar-refractivity contribution is 4.88. The first kappa shape index (κ1) is 15.4. The second-order valence-corrected chi connectivity index (χ2v) is 8.58. The van der Waals surface area contributed by atoms with Crippen molar-refractivity contribution in [2.75, 3.05) is 0 Å². The molecule has 0 aliphatic heterocycles. The Morgan fingerprint density at radius 1 is 0.789 bits per heavy atom. The van der Waals surface area contributed by atoms with E-state index in [9.17, 15) is 0 Å². The van der Waals surface area contributed by atoms with Gasteiger partial charge < -0.3 is 5.73 Å². The maximum atomic E-state index is 6.62. The lowest BCUT2D eigenvalue weighted by Crippen LogP contribution is -2.41. The quantitative estimate of drug-likeness (QED) is 0.747. The molecule has 2 rings (SSSR count). The molecule has 0 aromatic heterocycles. The molecule has 1 nitrogen and oxygen atoms in total. The third-order valence-corrected chi connectivity index (χ3v) is 6.15. The van der Waals surface area contributed by atoms with Gasteiger partial charge in [-0.3, -0.25) is 0 Å². The molecule has 0 aromatic carbocycles. The molecular weight excluding hydrogens is 230 g/mol. The van der Waals surface area contributed by atoms with Crippen molar-refractivity contribution in [3.05, 3.63) is 0 Å². The summed E-state index contributed by atoms with van der Waals surface area (Å²) in [5.74, 6) is 3.51. The lowest BCUT2D eigenvalue weighted by molar-refractivity contribution is 0.116. The molecule has 2 saturated carbocycles. The van der Waals surface area contributed by atoms with Gasteiger partial charge >= 0.3 is 0 Å². The fraction of sp³-hybridized carbons (Fsp3) is 1.00. The molecule has 0 bridgehead atoms. The Hall–Kier alpha value is -0.0400. The average Bonchev–Trinajstić information content (AvgIpc) is 2.38. The van der Waals surface area contributed by atoms with Crippen molar-refractivity contribution >= 4 is 0 Å². The normalized spacial score (nSPS) is 39.0. The Morgan fingerprint density at radius 2 is 1.21 bits per heavy atom. The third kappa shape index (κ3) is 3.97. The minimum atomic E-state index is 0.494. The van der Waals surface area contributed by atoms with Crippen LogP contribution >= 0.6 is 0 Å². The van der Waals surface area contributed by atoms with Crippen LogP contribution in [0.4, 0.5) is 0 Å². The van der Waals surface area contributed by atoms with E-state index in [1.54, 1.807) is 0 Å². The average molecular weight is 265 g/mol. The van der Waals surface area contributed by atoms with E-state index in [-0.39, 0.29) is 0 Å². The lowest BCUT2D eigenvalue weighted by atomic mass is 9.66. The van der Waals surface area contributed by atoms with Gasteiger partial charge in [-0.25, -0.2) is 0 Å². The van der Waals surface area contributed by atoms with Crippen LogP contribution < -0.4 is 5.73 Å². The van der Waals surface area contributed by atoms with Crippen LogP contribution in [-0.2, 0) is 0 Å². The first-order valence-corrected chi connectivity index (χ1v) is 8.63. The molecule has 1 heteroatoms. The molecule has 0 amide bonds. The SMILES string of the molecule is CC1CCC(C(N)C2CCC(C(C)(C)C)CC2)CC1. The second-order valence-electron chi connectivity index (χ2n) is 8.58. The minimum absolute atomic E-state index is 0.494. The van der Waals surface area contributed by atoms with E-state index in [0.717, 1.165) is 23.7 Å². The molecule has 0 radical (unpaired) electrons. The molecule has 0 heterocycles. The van der Waals surface area contributed by atoms with E-state index in [2.05, 4.69) is 27.7 Å². The van der Waals surface area contributed by atoms with Crippen LogP contribution in [0, 0.1) is 29.1 Å². The molecule has 19 heavy (non-hydrogen) atoms. The monoisotopic (exact) mass is 265 g/mol. The van der Waals surface area contributed by atoms with E-state index < -0.39 is 0 Å². The summed E-state index contributed by atoms with van der Waals surface area (Å²) < 4.78 is 0. The first-order chi connectivity index (χ1) is 8.88. The summed E-state index contributed by atoms with van der Waals surface area (Å²) in [6, 6.07) is 0.494. The molecular formula is C18H35N. The minimum Gasteiger partial charge on any atom is -0.327 e. The molecule has 1 atom stereocenters. The summed E-state index contributed by atoms with van der Waals surface area (Å²) in [7, 11) is 0. The van der Waals surface area contributed by atoms with Gasteiger partial charge in [0, 0.05) is 6.04 Å². The van der Waals surface area contributed by atoms with E-state index in [1.165, 1.54) is 51.4 Å². The van der Waals surface area contributed by atoms with Crippen LogP contribution in [0.5, 0.6) is 0 Å². The van der Waals surface area contributed by atoms with Crippen LogP contribution in [0.2, 0.25) is 0 Å². The van der Waals surface area contributed by atoms with Gasteiger partial charge in [-0.05, 0) is 67.6 Å². The van der Waals surface area contributed by atoms with Crippen molar-refractivity contribution in [1.82, 2.24) is 0 Å². The van der Waals surface area contributed by atoms with Crippen LogP contribution in [0.3, 0.4) is 0 Å². The molecule has 2 N–H and O–H groups in total. The summed E-state index contributed by atoms with van der Waals surface area (Å²) in [5.41, 5.74) is 7.12. The standard InChI is InChI=1S/C18H35N/c1-13-5-7-14(8-6-13)17(19)15-9-11-16(12-10-15)18(2,3)4/h13-17H,5-12,19H2,1-4H3. The highest BCUT2D eigenvalue weighted by atomic mass is 14.7. The van der Waals surface area contributed by atoms with Crippen molar-refractivity contribution in [3.63, 3.8) is 0 Å². The maximum Gasteiger partial charge on any atom is 0.00956 e. The zero-order chi connectivity index (χ0) is 14.0. The molecule has 112 valence electrons. The van der Waals surface area contributed by atoms with E-state index >= 15 is 0 Å². The van der Waals surface area contributed by atoms with Gasteiger partial charge in [0.1, 0.15) is 0 Å². The van der Waals surface area contributed by atoms with Crippen LogP contribution in [0.15, 0.2) is 0 Å². The number of hydrogen-bond acceptors (Lipinski definition) is 1. The van der Waals surface area contributed by atoms with Gasteiger partial charge in [-0.2, -0.15) is 0 Å². The van der Waals surface area contributed by atoms with Gasteiger partial charge in [0.25, 0.3) is 0 Å². The molecule has 0 saturated heterocycles. The van der Waals surface area contributed by atoms with Gasteiger partial charge in [-0.15, -0.1) is 0 Å². The van der Waals surface area contributed by atoms with Crippen LogP contribution in [0.25, 0.3) is 0 Å². The Bertz CT molecular complexity index is 262. The molecule has 0 spiro atoms. The largest absolute Gasteiger partial charge is 0.327 e. The summed E-state index contributed by atoms with van der Waals surface area (Å²) in [6.45, 7) is 9.61. The number of nitrogens with two attached hydrogens (primary N) is 1. The third-order valence-electron chi connectivity index (χ3n) is 6.15. The van der Waals surface area contributed by atoms with Crippen LogP contribution in [-0.4, -0.2) is 6.04 Å². The fourth-order valence-corrected chi connectivity index (χ4v) is 4.43. The second kappa shape index (κ2) is 6.16.